The van der Waals surface area contributed by atoms with Crippen LogP contribution in [0.1, 0.15) is 26.2 Å². The normalized spacial score (nSPS) is 41.5. The van der Waals surface area contributed by atoms with Crippen molar-refractivity contribution >= 4 is 23.6 Å². The topological polar surface area (TPSA) is 89.9 Å². The van der Waals surface area contributed by atoms with Crippen LogP contribution in [0.5, 0.6) is 0 Å². The Hall–Kier alpha value is -1.05. The van der Waals surface area contributed by atoms with Gasteiger partial charge in [0.15, 0.2) is 0 Å². The molecule has 22 heavy (non-hydrogen) atoms. The highest BCUT2D eigenvalue weighted by molar-refractivity contribution is 8.04. The molecule has 1 amide bonds. The van der Waals surface area contributed by atoms with E-state index in [9.17, 15) is 19.8 Å². The highest BCUT2D eigenvalue weighted by atomic mass is 32.2. The molecule has 3 N–H and O–H groups in total. The minimum atomic E-state index is -1.02. The van der Waals surface area contributed by atoms with Gasteiger partial charge in [-0.2, -0.15) is 0 Å². The van der Waals surface area contributed by atoms with Gasteiger partial charge in [0.25, 0.3) is 0 Å². The van der Waals surface area contributed by atoms with Gasteiger partial charge in [-0.15, -0.1) is 11.8 Å². The van der Waals surface area contributed by atoms with Crippen LogP contribution in [0, 0.1) is 11.8 Å². The molecule has 0 spiro atoms. The highest BCUT2D eigenvalue weighted by Gasteiger charge is 2.63. The van der Waals surface area contributed by atoms with Crippen molar-refractivity contribution in [2.45, 2.75) is 49.6 Å². The quantitative estimate of drug-likeness (QED) is 0.650. The Bertz CT molecular complexity index is 570. The number of amides is 1. The van der Waals surface area contributed by atoms with Crippen molar-refractivity contribution in [2.75, 3.05) is 6.54 Å². The molecule has 0 aliphatic carbocycles. The maximum atomic E-state index is 12.2. The van der Waals surface area contributed by atoms with Crippen LogP contribution in [0.3, 0.4) is 0 Å². The van der Waals surface area contributed by atoms with Gasteiger partial charge in [0, 0.05) is 22.1 Å². The van der Waals surface area contributed by atoms with E-state index in [1.165, 1.54) is 11.3 Å². The largest absolute Gasteiger partial charge is 0.477 e. The number of hydrogen-bond acceptors (Lipinski definition) is 5. The van der Waals surface area contributed by atoms with Gasteiger partial charge in [0.1, 0.15) is 5.70 Å². The summed E-state index contributed by atoms with van der Waals surface area (Å²) < 4.78 is 0. The summed E-state index contributed by atoms with van der Waals surface area (Å²) in [6.45, 7) is 2.65. The highest BCUT2D eigenvalue weighted by Crippen LogP contribution is 2.58. The molecule has 6 nitrogen and oxygen atoms in total. The van der Waals surface area contributed by atoms with Gasteiger partial charge in [-0.25, -0.2) is 4.79 Å². The van der Waals surface area contributed by atoms with Crippen LogP contribution in [0.2, 0.25) is 0 Å². The molecule has 4 aliphatic heterocycles. The fourth-order valence-electron chi connectivity index (χ4n) is 4.50. The molecule has 4 rings (SSSR count). The number of nitrogens with zero attached hydrogens (tertiary/aromatic N) is 1. The van der Waals surface area contributed by atoms with Crippen molar-refractivity contribution in [1.82, 2.24) is 10.2 Å². The van der Waals surface area contributed by atoms with E-state index in [1.54, 1.807) is 18.7 Å². The number of carbonyl (C=O) groups is 2. The maximum Gasteiger partial charge on any atom is 0.353 e. The van der Waals surface area contributed by atoms with Crippen LogP contribution in [-0.4, -0.2) is 57.0 Å². The Balaban J connectivity index is 1.65. The number of rotatable bonds is 3. The maximum absolute atomic E-state index is 12.2. The van der Waals surface area contributed by atoms with Crippen LogP contribution >= 0.6 is 11.8 Å². The van der Waals surface area contributed by atoms with Crippen molar-refractivity contribution in [2.24, 2.45) is 11.8 Å². The van der Waals surface area contributed by atoms with E-state index in [0.29, 0.717) is 11.3 Å². The molecule has 1 unspecified atom stereocenters. The SMILES string of the molecule is C[C@@H](O)[C@@H]1C(=O)N2C(C(=O)O)=C3SC([C@@H]4CCCN4)C[C@H]3[C@H]12. The van der Waals surface area contributed by atoms with E-state index in [1.807, 2.05) is 0 Å². The molecule has 0 saturated carbocycles. The molecule has 0 bridgehead atoms. The zero-order chi connectivity index (χ0) is 15.6. The predicted molar refractivity (Wildman–Crippen MR) is 81.0 cm³/mol. The molecule has 3 saturated heterocycles. The first-order chi connectivity index (χ1) is 10.5. The number of carboxylic acids is 1. The Morgan fingerprint density at radius 2 is 2.27 bits per heavy atom. The molecule has 0 aromatic carbocycles. The Morgan fingerprint density at radius 3 is 2.86 bits per heavy atom. The third-order valence-corrected chi connectivity index (χ3v) is 7.02. The summed E-state index contributed by atoms with van der Waals surface area (Å²) in [5.41, 5.74) is 0.169. The summed E-state index contributed by atoms with van der Waals surface area (Å²) in [7, 11) is 0. The summed E-state index contributed by atoms with van der Waals surface area (Å²) in [6, 6.07) is 0.278. The number of carbonyl (C=O) groups excluding carboxylic acids is 1. The standard InChI is InChI=1S/C15H20N2O4S/c1-6(18)10-11-7-5-9(8-3-2-4-16-8)22-13(7)12(15(20)21)17(11)14(10)19/h6-11,16,18H,2-5H2,1H3,(H,20,21)/t6-,7+,8+,9?,10+,11-/m1/s1. The number of aliphatic carboxylic acids is 1. The first-order valence-corrected chi connectivity index (χ1v) is 8.77. The lowest BCUT2D eigenvalue weighted by atomic mass is 9.76. The first kappa shape index (κ1) is 14.5. The number of thioether (sulfide) groups is 1. The Labute approximate surface area is 132 Å². The van der Waals surface area contributed by atoms with Gasteiger partial charge in [0.2, 0.25) is 5.91 Å². The van der Waals surface area contributed by atoms with E-state index >= 15 is 0 Å². The number of nitrogens with one attached hydrogen (secondary N) is 1. The molecule has 7 heteroatoms. The van der Waals surface area contributed by atoms with Crippen LogP contribution in [0.4, 0.5) is 0 Å². The van der Waals surface area contributed by atoms with Gasteiger partial charge in [-0.1, -0.05) is 0 Å². The minimum absolute atomic E-state index is 0.0841. The molecule has 0 aromatic heterocycles. The van der Waals surface area contributed by atoms with E-state index in [2.05, 4.69) is 5.32 Å². The van der Waals surface area contributed by atoms with E-state index in [0.717, 1.165) is 24.3 Å². The number of fused-ring (bicyclic) bond motifs is 3. The van der Waals surface area contributed by atoms with Crippen molar-refractivity contribution in [3.8, 4) is 0 Å². The summed E-state index contributed by atoms with van der Waals surface area (Å²) in [5.74, 6) is -1.63. The van der Waals surface area contributed by atoms with E-state index in [4.69, 9.17) is 0 Å². The summed E-state index contributed by atoms with van der Waals surface area (Å²) in [4.78, 5) is 26.1. The monoisotopic (exact) mass is 324 g/mol. The molecule has 6 atom stereocenters. The smallest absolute Gasteiger partial charge is 0.353 e. The molecule has 0 radical (unpaired) electrons. The van der Waals surface area contributed by atoms with Crippen molar-refractivity contribution in [1.29, 1.82) is 0 Å². The molecule has 4 aliphatic rings. The second-order valence-electron chi connectivity index (χ2n) is 6.68. The lowest BCUT2D eigenvalue weighted by molar-refractivity contribution is -0.163. The Kier molecular flexibility index (Phi) is 3.29. The van der Waals surface area contributed by atoms with Gasteiger partial charge >= 0.3 is 5.97 Å². The molecule has 0 aromatic rings. The number of hydrogen-bond donors (Lipinski definition) is 3. The molecular formula is C15H20N2O4S. The first-order valence-electron chi connectivity index (χ1n) is 7.89. The average molecular weight is 324 g/mol. The Morgan fingerprint density at radius 1 is 1.50 bits per heavy atom. The van der Waals surface area contributed by atoms with E-state index < -0.39 is 18.0 Å². The van der Waals surface area contributed by atoms with Crippen molar-refractivity contribution in [3.05, 3.63) is 10.6 Å². The number of aliphatic hydroxyl groups is 1. The van der Waals surface area contributed by atoms with Crippen LogP contribution in [0.15, 0.2) is 10.6 Å². The summed E-state index contributed by atoms with van der Waals surface area (Å²) >= 11 is 1.64. The van der Waals surface area contributed by atoms with Gasteiger partial charge in [-0.05, 0) is 32.7 Å². The lowest BCUT2D eigenvalue weighted by Crippen LogP contribution is -2.64. The van der Waals surface area contributed by atoms with Gasteiger partial charge < -0.3 is 20.4 Å². The van der Waals surface area contributed by atoms with Crippen molar-refractivity contribution < 1.29 is 19.8 Å². The number of aliphatic hydroxyl groups excluding tert-OH is 1. The minimum Gasteiger partial charge on any atom is -0.477 e. The fraction of sp³-hybridized carbons (Fsp3) is 0.733. The average Bonchev–Trinajstić information content (AvgIpc) is 3.11. The summed E-state index contributed by atoms with van der Waals surface area (Å²) in [6.07, 6.45) is 2.47. The van der Waals surface area contributed by atoms with Gasteiger partial charge in [0.05, 0.1) is 18.1 Å². The van der Waals surface area contributed by atoms with Crippen LogP contribution in [0.25, 0.3) is 0 Å². The van der Waals surface area contributed by atoms with Crippen LogP contribution < -0.4 is 5.32 Å². The number of carboxylic acid groups (broad SMARTS) is 1. The third kappa shape index (κ3) is 1.82. The fourth-order valence-corrected chi connectivity index (χ4v) is 6.23. The second-order valence-corrected chi connectivity index (χ2v) is 7.97. The summed E-state index contributed by atoms with van der Waals surface area (Å²) in [5, 5.41) is 23.3. The molecule has 3 fully saturated rings. The predicted octanol–water partition coefficient (Wildman–Crippen LogP) is 0.378. The third-order valence-electron chi connectivity index (χ3n) is 5.45. The zero-order valence-electron chi connectivity index (χ0n) is 12.4. The molecular weight excluding hydrogens is 304 g/mol. The zero-order valence-corrected chi connectivity index (χ0v) is 13.2. The van der Waals surface area contributed by atoms with Crippen molar-refractivity contribution in [3.63, 3.8) is 0 Å². The number of β-lactam (4-membered cyclic amide) rings is 1. The molecule has 4 heterocycles. The molecule has 120 valence electrons. The van der Waals surface area contributed by atoms with Gasteiger partial charge in [-0.3, -0.25) is 4.79 Å². The lowest BCUT2D eigenvalue weighted by Gasteiger charge is -2.47. The second kappa shape index (κ2) is 4.97. The van der Waals surface area contributed by atoms with Crippen LogP contribution in [-0.2, 0) is 9.59 Å². The van der Waals surface area contributed by atoms with E-state index in [-0.39, 0.29) is 23.6 Å².